The van der Waals surface area contributed by atoms with Gasteiger partial charge in [0.1, 0.15) is 0 Å². The second kappa shape index (κ2) is 7.90. The molecule has 0 saturated carbocycles. The number of carbonyl (C=O) groups is 1. The summed E-state index contributed by atoms with van der Waals surface area (Å²) in [6.45, 7) is 2.15. The minimum absolute atomic E-state index is 0.212. The van der Waals surface area contributed by atoms with Crippen LogP contribution in [0, 0.1) is 0 Å². The Kier molecular flexibility index (Phi) is 5.91. The lowest BCUT2D eigenvalue weighted by molar-refractivity contribution is 0.0237. The number of hydrogen-bond donors (Lipinski definition) is 1. The minimum atomic E-state index is -1.43. The van der Waals surface area contributed by atoms with Crippen LogP contribution in [0.2, 0.25) is 0 Å². The van der Waals surface area contributed by atoms with E-state index >= 15 is 0 Å². The number of Topliss-reactive ketones (excluding diaryl/α,β-unsaturated/α-hetero) is 1. The van der Waals surface area contributed by atoms with Gasteiger partial charge in [0.25, 0.3) is 0 Å². The molecular formula is C20H24O2. The van der Waals surface area contributed by atoms with Gasteiger partial charge in [0.05, 0.1) is 0 Å². The van der Waals surface area contributed by atoms with E-state index in [4.69, 9.17) is 0 Å². The Morgan fingerprint density at radius 1 is 0.909 bits per heavy atom. The molecule has 0 aliphatic heterocycles. The maximum atomic E-state index is 12.9. The topological polar surface area (TPSA) is 37.3 Å². The van der Waals surface area contributed by atoms with E-state index in [1.165, 1.54) is 0 Å². The normalized spacial score (nSPS) is 13.5. The first-order chi connectivity index (χ1) is 10.7. The predicted molar refractivity (Wildman–Crippen MR) is 89.9 cm³/mol. The van der Waals surface area contributed by atoms with Crippen LogP contribution in [0.3, 0.4) is 0 Å². The van der Waals surface area contributed by atoms with E-state index in [0.29, 0.717) is 17.5 Å². The second-order valence-corrected chi connectivity index (χ2v) is 5.73. The number of carbonyl (C=O) groups excluding carboxylic acids is 1. The number of rotatable bonds is 8. The van der Waals surface area contributed by atoms with Gasteiger partial charge in [0, 0.05) is 5.56 Å². The molecule has 0 spiro atoms. The second-order valence-electron chi connectivity index (χ2n) is 5.73. The van der Waals surface area contributed by atoms with Crippen LogP contribution in [0.15, 0.2) is 60.7 Å². The van der Waals surface area contributed by atoms with Gasteiger partial charge in [-0.15, -0.1) is 0 Å². The molecule has 22 heavy (non-hydrogen) atoms. The molecule has 0 heterocycles. The van der Waals surface area contributed by atoms with Crippen LogP contribution >= 0.6 is 0 Å². The molecule has 1 unspecified atom stereocenters. The van der Waals surface area contributed by atoms with Gasteiger partial charge in [-0.1, -0.05) is 86.8 Å². The highest BCUT2D eigenvalue weighted by Crippen LogP contribution is 2.31. The number of unbranched alkanes of at least 4 members (excludes halogenated alkanes) is 3. The maximum Gasteiger partial charge on any atom is 0.198 e. The Labute approximate surface area is 132 Å². The Bertz CT molecular complexity index is 577. The third-order valence-electron chi connectivity index (χ3n) is 4.06. The fraction of sp³-hybridized carbons (Fsp3) is 0.350. The lowest BCUT2D eigenvalue weighted by atomic mass is 9.82. The number of benzene rings is 2. The van der Waals surface area contributed by atoms with Gasteiger partial charge >= 0.3 is 0 Å². The lowest BCUT2D eigenvalue weighted by Crippen LogP contribution is -2.35. The molecule has 0 radical (unpaired) electrons. The summed E-state index contributed by atoms with van der Waals surface area (Å²) in [6, 6.07) is 18.4. The van der Waals surface area contributed by atoms with Crippen molar-refractivity contribution in [1.29, 1.82) is 0 Å². The summed E-state index contributed by atoms with van der Waals surface area (Å²) < 4.78 is 0. The van der Waals surface area contributed by atoms with Crippen LogP contribution in [0.4, 0.5) is 0 Å². The Hall–Kier alpha value is -1.93. The Morgan fingerprint density at radius 2 is 1.50 bits per heavy atom. The molecule has 2 heteroatoms. The van der Waals surface area contributed by atoms with E-state index in [9.17, 15) is 9.90 Å². The van der Waals surface area contributed by atoms with E-state index in [-0.39, 0.29) is 5.78 Å². The smallest absolute Gasteiger partial charge is 0.198 e. The summed E-state index contributed by atoms with van der Waals surface area (Å²) in [5.41, 5.74) is -0.194. The van der Waals surface area contributed by atoms with Gasteiger partial charge in [-0.25, -0.2) is 0 Å². The molecule has 0 bridgehead atoms. The van der Waals surface area contributed by atoms with Crippen molar-refractivity contribution < 1.29 is 9.90 Å². The standard InChI is InChI=1S/C20H24O2/c1-2-3-4-11-16-20(22,18-14-9-6-10-15-18)19(21)17-12-7-5-8-13-17/h5-10,12-15,22H,2-4,11,16H2,1H3. The molecule has 0 aliphatic carbocycles. The first-order valence-corrected chi connectivity index (χ1v) is 8.06. The molecule has 0 amide bonds. The van der Waals surface area contributed by atoms with Gasteiger partial charge in [0.15, 0.2) is 11.4 Å². The SMILES string of the molecule is CCCCCCC(O)(C(=O)c1ccccc1)c1ccccc1. The fourth-order valence-electron chi connectivity index (χ4n) is 2.74. The quantitative estimate of drug-likeness (QED) is 0.565. The largest absolute Gasteiger partial charge is 0.377 e. The van der Waals surface area contributed by atoms with E-state index in [1.807, 2.05) is 48.5 Å². The molecule has 2 nitrogen and oxygen atoms in total. The van der Waals surface area contributed by atoms with Crippen LogP contribution in [0.5, 0.6) is 0 Å². The number of aliphatic hydroxyl groups is 1. The van der Waals surface area contributed by atoms with Gasteiger partial charge in [0.2, 0.25) is 0 Å². The fourth-order valence-corrected chi connectivity index (χ4v) is 2.74. The van der Waals surface area contributed by atoms with Gasteiger partial charge in [-0.3, -0.25) is 4.79 Å². The highest BCUT2D eigenvalue weighted by Gasteiger charge is 2.37. The molecule has 0 aliphatic rings. The van der Waals surface area contributed by atoms with Crippen molar-refractivity contribution in [2.75, 3.05) is 0 Å². The summed E-state index contributed by atoms with van der Waals surface area (Å²) in [5.74, 6) is -0.212. The zero-order valence-corrected chi connectivity index (χ0v) is 13.2. The van der Waals surface area contributed by atoms with Gasteiger partial charge < -0.3 is 5.11 Å². The monoisotopic (exact) mass is 296 g/mol. The third-order valence-corrected chi connectivity index (χ3v) is 4.06. The van der Waals surface area contributed by atoms with Crippen molar-refractivity contribution >= 4 is 5.78 Å². The minimum Gasteiger partial charge on any atom is -0.377 e. The van der Waals surface area contributed by atoms with Crippen LogP contribution in [0.25, 0.3) is 0 Å². The first kappa shape index (κ1) is 16.4. The summed E-state index contributed by atoms with van der Waals surface area (Å²) in [7, 11) is 0. The van der Waals surface area contributed by atoms with Crippen LogP contribution < -0.4 is 0 Å². The summed E-state index contributed by atoms with van der Waals surface area (Å²) in [5, 5.41) is 11.2. The van der Waals surface area contributed by atoms with Crippen molar-refractivity contribution in [3.05, 3.63) is 71.8 Å². The molecule has 1 atom stereocenters. The number of hydrogen-bond acceptors (Lipinski definition) is 2. The van der Waals surface area contributed by atoms with E-state index in [2.05, 4.69) is 6.92 Å². The highest BCUT2D eigenvalue weighted by molar-refractivity contribution is 6.02. The van der Waals surface area contributed by atoms with Crippen molar-refractivity contribution in [2.45, 2.75) is 44.6 Å². The third kappa shape index (κ3) is 3.83. The summed E-state index contributed by atoms with van der Waals surface area (Å²) in [4.78, 5) is 12.9. The average molecular weight is 296 g/mol. The maximum absolute atomic E-state index is 12.9. The molecule has 0 saturated heterocycles. The first-order valence-electron chi connectivity index (χ1n) is 8.06. The number of ketones is 1. The van der Waals surface area contributed by atoms with Crippen LogP contribution in [0.1, 0.15) is 54.9 Å². The van der Waals surface area contributed by atoms with E-state index < -0.39 is 5.60 Å². The van der Waals surface area contributed by atoms with E-state index in [0.717, 1.165) is 25.7 Å². The molecule has 116 valence electrons. The lowest BCUT2D eigenvalue weighted by Gasteiger charge is -2.27. The van der Waals surface area contributed by atoms with Crippen molar-refractivity contribution in [3.63, 3.8) is 0 Å². The molecule has 2 rings (SSSR count). The highest BCUT2D eigenvalue weighted by atomic mass is 16.3. The molecule has 2 aromatic carbocycles. The Morgan fingerprint density at radius 3 is 2.09 bits per heavy atom. The predicted octanol–water partition coefficient (Wildman–Crippen LogP) is 4.73. The zero-order chi connectivity index (χ0) is 15.8. The van der Waals surface area contributed by atoms with Gasteiger partial charge in [-0.2, -0.15) is 0 Å². The summed E-state index contributed by atoms with van der Waals surface area (Å²) in [6.07, 6.45) is 4.61. The van der Waals surface area contributed by atoms with Gasteiger partial charge in [-0.05, 0) is 18.4 Å². The molecule has 0 aromatic heterocycles. The molecular weight excluding hydrogens is 272 g/mol. The van der Waals surface area contributed by atoms with E-state index in [1.54, 1.807) is 12.1 Å². The zero-order valence-electron chi connectivity index (χ0n) is 13.2. The van der Waals surface area contributed by atoms with Crippen LogP contribution in [-0.4, -0.2) is 10.9 Å². The average Bonchev–Trinajstić information content (AvgIpc) is 2.59. The summed E-state index contributed by atoms with van der Waals surface area (Å²) >= 11 is 0. The van der Waals surface area contributed by atoms with Crippen molar-refractivity contribution in [3.8, 4) is 0 Å². The van der Waals surface area contributed by atoms with Crippen LogP contribution in [-0.2, 0) is 5.60 Å². The van der Waals surface area contributed by atoms with Crippen molar-refractivity contribution in [1.82, 2.24) is 0 Å². The Balaban J connectivity index is 2.27. The molecule has 2 aromatic rings. The molecule has 1 N–H and O–H groups in total. The molecule has 0 fully saturated rings. The van der Waals surface area contributed by atoms with Crippen molar-refractivity contribution in [2.24, 2.45) is 0 Å².